The molecule has 1 aliphatic rings. The minimum atomic E-state index is 0.0573. The fraction of sp³-hybridized carbons (Fsp3) is 0.364. The first-order chi connectivity index (χ1) is 7.33. The number of carbonyl (C=O) groups is 1. The summed E-state index contributed by atoms with van der Waals surface area (Å²) in [6, 6.07) is 9.77. The average molecular weight is 225 g/mol. The van der Waals surface area contributed by atoms with Gasteiger partial charge >= 0.3 is 6.03 Å². The molecule has 1 aliphatic heterocycles. The molecule has 0 bridgehead atoms. The van der Waals surface area contributed by atoms with Crippen molar-refractivity contribution in [2.75, 3.05) is 30.4 Å². The van der Waals surface area contributed by atoms with E-state index in [1.807, 2.05) is 30.3 Å². The van der Waals surface area contributed by atoms with E-state index in [4.69, 9.17) is 11.6 Å². The molecule has 1 fully saturated rings. The topological polar surface area (TPSA) is 23.6 Å². The van der Waals surface area contributed by atoms with Crippen LogP contribution in [0.25, 0.3) is 0 Å². The van der Waals surface area contributed by atoms with Crippen LogP contribution in [0.15, 0.2) is 30.3 Å². The van der Waals surface area contributed by atoms with Gasteiger partial charge in [0.1, 0.15) is 0 Å². The maximum absolute atomic E-state index is 11.9. The standard InChI is InChI=1S/C11H13ClN2O/c12-6-7-13-8-9-14(11(13)15)10-4-2-1-3-5-10/h1-5H,6-9H2. The van der Waals surface area contributed by atoms with Crippen molar-refractivity contribution in [1.29, 1.82) is 0 Å². The van der Waals surface area contributed by atoms with Crippen molar-refractivity contribution in [3.8, 4) is 0 Å². The van der Waals surface area contributed by atoms with Gasteiger partial charge in [-0.25, -0.2) is 4.79 Å². The SMILES string of the molecule is O=C1N(CCCl)CCN1c1ccccc1. The van der Waals surface area contributed by atoms with E-state index < -0.39 is 0 Å². The largest absolute Gasteiger partial charge is 0.324 e. The van der Waals surface area contributed by atoms with E-state index in [-0.39, 0.29) is 6.03 Å². The van der Waals surface area contributed by atoms with Crippen molar-refractivity contribution in [3.63, 3.8) is 0 Å². The first-order valence-corrected chi connectivity index (χ1v) is 5.54. The van der Waals surface area contributed by atoms with E-state index in [2.05, 4.69) is 0 Å². The highest BCUT2D eigenvalue weighted by Gasteiger charge is 2.28. The van der Waals surface area contributed by atoms with E-state index >= 15 is 0 Å². The number of nitrogens with zero attached hydrogens (tertiary/aromatic N) is 2. The van der Waals surface area contributed by atoms with Crippen LogP contribution in [0.4, 0.5) is 10.5 Å². The van der Waals surface area contributed by atoms with E-state index in [1.165, 1.54) is 0 Å². The molecule has 1 saturated heterocycles. The second-order valence-corrected chi connectivity index (χ2v) is 3.82. The normalized spacial score (nSPS) is 16.2. The van der Waals surface area contributed by atoms with Crippen LogP contribution < -0.4 is 4.90 Å². The lowest BCUT2D eigenvalue weighted by Crippen LogP contribution is -2.32. The minimum absolute atomic E-state index is 0.0573. The van der Waals surface area contributed by atoms with Gasteiger partial charge in [0.25, 0.3) is 0 Å². The molecule has 15 heavy (non-hydrogen) atoms. The summed E-state index contributed by atoms with van der Waals surface area (Å²) in [6.07, 6.45) is 0. The van der Waals surface area contributed by atoms with Gasteiger partial charge in [0.2, 0.25) is 0 Å². The number of alkyl halides is 1. The number of amides is 2. The van der Waals surface area contributed by atoms with Crippen molar-refractivity contribution in [2.24, 2.45) is 0 Å². The van der Waals surface area contributed by atoms with Crippen molar-refractivity contribution >= 4 is 23.3 Å². The Kier molecular flexibility index (Phi) is 3.11. The number of hydrogen-bond acceptors (Lipinski definition) is 1. The third-order valence-corrected chi connectivity index (χ3v) is 2.69. The molecule has 3 nitrogen and oxygen atoms in total. The van der Waals surface area contributed by atoms with E-state index in [9.17, 15) is 4.79 Å². The highest BCUT2D eigenvalue weighted by Crippen LogP contribution is 2.19. The molecule has 1 aromatic carbocycles. The van der Waals surface area contributed by atoms with Gasteiger partial charge in [-0.05, 0) is 12.1 Å². The highest BCUT2D eigenvalue weighted by atomic mass is 35.5. The Morgan fingerprint density at radius 3 is 2.60 bits per heavy atom. The molecule has 0 aromatic heterocycles. The third-order valence-electron chi connectivity index (χ3n) is 2.52. The number of hydrogen-bond donors (Lipinski definition) is 0. The number of anilines is 1. The van der Waals surface area contributed by atoms with Crippen molar-refractivity contribution < 1.29 is 4.79 Å². The lowest BCUT2D eigenvalue weighted by Gasteiger charge is -2.17. The summed E-state index contributed by atoms with van der Waals surface area (Å²) >= 11 is 5.63. The van der Waals surface area contributed by atoms with E-state index in [1.54, 1.807) is 9.80 Å². The van der Waals surface area contributed by atoms with Gasteiger partial charge in [-0.2, -0.15) is 0 Å². The summed E-state index contributed by atoms with van der Waals surface area (Å²) in [5.41, 5.74) is 0.958. The van der Waals surface area contributed by atoms with Crippen LogP contribution in [0.2, 0.25) is 0 Å². The number of para-hydroxylation sites is 1. The minimum Gasteiger partial charge on any atom is -0.321 e. The summed E-state index contributed by atoms with van der Waals surface area (Å²) in [5, 5.41) is 0. The molecule has 2 amide bonds. The van der Waals surface area contributed by atoms with Crippen LogP contribution in [0.5, 0.6) is 0 Å². The molecular formula is C11H13ClN2O. The number of benzene rings is 1. The summed E-state index contributed by atoms with van der Waals surface area (Å²) < 4.78 is 0. The summed E-state index contributed by atoms with van der Waals surface area (Å²) in [4.78, 5) is 15.5. The smallest absolute Gasteiger partial charge is 0.321 e. The van der Waals surface area contributed by atoms with Gasteiger partial charge in [0, 0.05) is 31.2 Å². The molecule has 0 spiro atoms. The molecule has 2 rings (SSSR count). The zero-order valence-electron chi connectivity index (χ0n) is 8.40. The molecule has 0 unspecified atom stereocenters. The lowest BCUT2D eigenvalue weighted by molar-refractivity contribution is 0.223. The summed E-state index contributed by atoms with van der Waals surface area (Å²) in [6.45, 7) is 2.14. The Morgan fingerprint density at radius 2 is 1.93 bits per heavy atom. The second-order valence-electron chi connectivity index (χ2n) is 3.45. The van der Waals surface area contributed by atoms with E-state index in [0.717, 1.165) is 18.8 Å². The maximum atomic E-state index is 11.9. The van der Waals surface area contributed by atoms with Gasteiger partial charge in [-0.15, -0.1) is 11.6 Å². The molecule has 80 valence electrons. The predicted molar refractivity (Wildman–Crippen MR) is 61.5 cm³/mol. The fourth-order valence-electron chi connectivity index (χ4n) is 1.74. The molecule has 0 aliphatic carbocycles. The quantitative estimate of drug-likeness (QED) is 0.722. The van der Waals surface area contributed by atoms with Gasteiger partial charge < -0.3 is 4.90 Å². The Balaban J connectivity index is 2.11. The van der Waals surface area contributed by atoms with Crippen LogP contribution in [-0.2, 0) is 0 Å². The molecule has 0 N–H and O–H groups in total. The predicted octanol–water partition coefficient (Wildman–Crippen LogP) is 2.17. The van der Waals surface area contributed by atoms with E-state index in [0.29, 0.717) is 12.4 Å². The molecule has 1 heterocycles. The first-order valence-electron chi connectivity index (χ1n) is 5.00. The number of urea groups is 1. The monoisotopic (exact) mass is 224 g/mol. The van der Waals surface area contributed by atoms with Crippen molar-refractivity contribution in [3.05, 3.63) is 30.3 Å². The van der Waals surface area contributed by atoms with Gasteiger partial charge in [0.05, 0.1) is 0 Å². The number of halogens is 1. The number of carbonyl (C=O) groups excluding carboxylic acids is 1. The van der Waals surface area contributed by atoms with Gasteiger partial charge in [0.15, 0.2) is 0 Å². The van der Waals surface area contributed by atoms with Crippen LogP contribution in [0.3, 0.4) is 0 Å². The first kappa shape index (κ1) is 10.3. The zero-order valence-corrected chi connectivity index (χ0v) is 9.15. The van der Waals surface area contributed by atoms with Gasteiger partial charge in [-0.1, -0.05) is 18.2 Å². The average Bonchev–Trinajstić information content (AvgIpc) is 2.63. The maximum Gasteiger partial charge on any atom is 0.324 e. The molecule has 4 heteroatoms. The Morgan fingerprint density at radius 1 is 1.20 bits per heavy atom. The van der Waals surface area contributed by atoms with Crippen molar-refractivity contribution in [1.82, 2.24) is 4.90 Å². The second kappa shape index (κ2) is 4.53. The van der Waals surface area contributed by atoms with Crippen LogP contribution in [-0.4, -0.2) is 36.4 Å². The van der Waals surface area contributed by atoms with Gasteiger partial charge in [-0.3, -0.25) is 4.90 Å². The molecule has 0 atom stereocenters. The zero-order chi connectivity index (χ0) is 10.7. The molecule has 0 saturated carbocycles. The number of rotatable bonds is 3. The molecular weight excluding hydrogens is 212 g/mol. The van der Waals surface area contributed by atoms with Crippen LogP contribution in [0, 0.1) is 0 Å². The van der Waals surface area contributed by atoms with Crippen molar-refractivity contribution in [2.45, 2.75) is 0 Å². The third kappa shape index (κ3) is 2.07. The molecule has 1 aromatic rings. The summed E-state index contributed by atoms with van der Waals surface area (Å²) in [5.74, 6) is 0.494. The van der Waals surface area contributed by atoms with Crippen LogP contribution in [0.1, 0.15) is 0 Å². The van der Waals surface area contributed by atoms with Crippen LogP contribution >= 0.6 is 11.6 Å². The Labute approximate surface area is 94.2 Å². The lowest BCUT2D eigenvalue weighted by atomic mass is 10.3. The molecule has 0 radical (unpaired) electrons. The highest BCUT2D eigenvalue weighted by molar-refractivity contribution is 6.18. The Bertz CT molecular complexity index is 342. The Hall–Kier alpha value is -1.22. The fourth-order valence-corrected chi connectivity index (χ4v) is 1.94. The summed E-state index contributed by atoms with van der Waals surface area (Å²) in [7, 11) is 0.